The van der Waals surface area contributed by atoms with Crippen LogP contribution in [0.2, 0.25) is 0 Å². The number of rotatable bonds is 6. The molecule has 0 amide bonds. The molecule has 0 rings (SSSR count). The van der Waals surface area contributed by atoms with E-state index in [9.17, 15) is 24.9 Å². The quantitative estimate of drug-likeness (QED) is 0.264. The van der Waals surface area contributed by atoms with Crippen molar-refractivity contribution in [3.05, 3.63) is 0 Å². The van der Waals surface area contributed by atoms with Crippen molar-refractivity contribution in [2.45, 2.75) is 51.2 Å². The van der Waals surface area contributed by atoms with Crippen molar-refractivity contribution < 1.29 is 44.6 Å². The average molecular weight is 282 g/mol. The second-order valence-electron chi connectivity index (χ2n) is 3.94. The molecule has 112 valence electrons. The first-order valence-corrected chi connectivity index (χ1v) is 5.45. The smallest absolute Gasteiger partial charge is 0.357 e. The van der Waals surface area contributed by atoms with E-state index in [4.69, 9.17) is 10.2 Å². The van der Waals surface area contributed by atoms with Crippen LogP contribution < -0.4 is 0 Å². The molecule has 0 aliphatic heterocycles. The van der Waals surface area contributed by atoms with E-state index >= 15 is 0 Å². The average Bonchev–Trinajstić information content (AvgIpc) is 2.25. The zero-order chi connectivity index (χ0) is 15.4. The van der Waals surface area contributed by atoms with Crippen LogP contribution in [-0.2, 0) is 19.1 Å². The summed E-state index contributed by atoms with van der Waals surface area (Å²) in [4.78, 5) is 22.5. The third kappa shape index (κ3) is 4.40. The van der Waals surface area contributed by atoms with Crippen LogP contribution >= 0.6 is 0 Å². The highest BCUT2D eigenvalue weighted by Gasteiger charge is 2.56. The molecule has 0 saturated heterocycles. The van der Waals surface area contributed by atoms with Gasteiger partial charge in [-0.15, -0.1) is 0 Å². The van der Waals surface area contributed by atoms with Crippen molar-refractivity contribution in [1.29, 1.82) is 0 Å². The van der Waals surface area contributed by atoms with Crippen molar-refractivity contribution in [3.63, 3.8) is 0 Å². The SMILES string of the molecule is CCC(OC(=O)C(C)O)(OC(=O)C(C)O)C(O)(O)O. The zero-order valence-electron chi connectivity index (χ0n) is 10.7. The van der Waals surface area contributed by atoms with Crippen molar-refractivity contribution in [2.75, 3.05) is 0 Å². The zero-order valence-corrected chi connectivity index (χ0v) is 10.7. The molecule has 5 N–H and O–H groups in total. The van der Waals surface area contributed by atoms with Crippen LogP contribution in [0.15, 0.2) is 0 Å². The molecule has 0 aliphatic carbocycles. The highest BCUT2D eigenvalue weighted by atomic mass is 16.8. The summed E-state index contributed by atoms with van der Waals surface area (Å²) in [5.41, 5.74) is 0. The molecule has 19 heavy (non-hydrogen) atoms. The topological polar surface area (TPSA) is 154 Å². The maximum absolute atomic E-state index is 11.3. The Balaban J connectivity index is 5.34. The number of ether oxygens (including phenoxy) is 2. The summed E-state index contributed by atoms with van der Waals surface area (Å²) < 4.78 is 8.88. The van der Waals surface area contributed by atoms with Gasteiger partial charge in [0.05, 0.1) is 0 Å². The van der Waals surface area contributed by atoms with Gasteiger partial charge in [0, 0.05) is 6.42 Å². The first-order chi connectivity index (χ1) is 8.47. The monoisotopic (exact) mass is 282 g/mol. The van der Waals surface area contributed by atoms with Crippen LogP contribution in [0.4, 0.5) is 0 Å². The molecule has 2 unspecified atom stereocenters. The first-order valence-electron chi connectivity index (χ1n) is 5.45. The molecule has 0 spiro atoms. The van der Waals surface area contributed by atoms with Crippen LogP contribution in [0.5, 0.6) is 0 Å². The number of aliphatic hydroxyl groups excluding tert-OH is 2. The minimum absolute atomic E-state index is 0.548. The Morgan fingerprint density at radius 3 is 1.47 bits per heavy atom. The Labute approximate surface area is 109 Å². The minimum atomic E-state index is -3.71. The maximum Gasteiger partial charge on any atom is 0.357 e. The summed E-state index contributed by atoms with van der Waals surface area (Å²) in [6, 6.07) is 0. The van der Waals surface area contributed by atoms with Crippen molar-refractivity contribution in [2.24, 2.45) is 0 Å². The maximum atomic E-state index is 11.3. The third-order valence-corrected chi connectivity index (χ3v) is 2.19. The van der Waals surface area contributed by atoms with Crippen LogP contribution in [0.25, 0.3) is 0 Å². The summed E-state index contributed by atoms with van der Waals surface area (Å²) in [5, 5.41) is 45.5. The largest absolute Gasteiger partial charge is 0.412 e. The van der Waals surface area contributed by atoms with E-state index in [2.05, 4.69) is 9.47 Å². The fourth-order valence-corrected chi connectivity index (χ4v) is 1.03. The fraction of sp³-hybridized carbons (Fsp3) is 0.800. The molecule has 0 fully saturated rings. The summed E-state index contributed by atoms with van der Waals surface area (Å²) in [7, 11) is 0. The highest BCUT2D eigenvalue weighted by molar-refractivity contribution is 5.76. The minimum Gasteiger partial charge on any atom is -0.412 e. The molecule has 9 heteroatoms. The Morgan fingerprint density at radius 2 is 1.32 bits per heavy atom. The number of hydrogen-bond acceptors (Lipinski definition) is 9. The van der Waals surface area contributed by atoms with Gasteiger partial charge in [0.15, 0.2) is 0 Å². The van der Waals surface area contributed by atoms with Crippen molar-refractivity contribution >= 4 is 11.9 Å². The summed E-state index contributed by atoms with van der Waals surface area (Å²) in [5.74, 6) is -9.30. The molecule has 2 atom stereocenters. The standard InChI is InChI=1S/C10H18O9/c1-4-9(10(15,16)17,18-7(13)5(2)11)19-8(14)6(3)12/h5-6,11-12,15-17H,4H2,1-3H3. The van der Waals surface area contributed by atoms with E-state index in [1.807, 2.05) is 0 Å². The normalized spacial score (nSPS) is 18.1. The second-order valence-corrected chi connectivity index (χ2v) is 3.94. The number of carbonyl (C=O) groups excluding carboxylic acids is 2. The lowest BCUT2D eigenvalue weighted by atomic mass is 10.1. The van der Waals surface area contributed by atoms with Gasteiger partial charge in [0.25, 0.3) is 0 Å². The molecule has 0 heterocycles. The first kappa shape index (κ1) is 17.7. The van der Waals surface area contributed by atoms with Crippen molar-refractivity contribution in [3.8, 4) is 0 Å². The Morgan fingerprint density at radius 1 is 1.00 bits per heavy atom. The molecule has 0 aromatic heterocycles. The highest BCUT2D eigenvalue weighted by Crippen LogP contribution is 2.29. The fourth-order valence-electron chi connectivity index (χ4n) is 1.03. The number of esters is 2. The van der Waals surface area contributed by atoms with E-state index in [0.29, 0.717) is 0 Å². The van der Waals surface area contributed by atoms with E-state index in [-0.39, 0.29) is 0 Å². The summed E-state index contributed by atoms with van der Waals surface area (Å²) in [6.07, 6.45) is -3.86. The predicted octanol–water partition coefficient (Wildman–Crippen LogP) is -2.43. The molecular formula is C10H18O9. The lowest BCUT2D eigenvalue weighted by Crippen LogP contribution is -2.60. The Bertz CT molecular complexity index is 306. The van der Waals surface area contributed by atoms with Crippen molar-refractivity contribution in [1.82, 2.24) is 0 Å². The molecule has 0 aromatic rings. The molecule has 0 aromatic carbocycles. The van der Waals surface area contributed by atoms with Gasteiger partial charge in [-0.25, -0.2) is 9.59 Å². The molecule has 0 aliphatic rings. The summed E-state index contributed by atoms with van der Waals surface area (Å²) in [6.45, 7) is 3.25. The molecule has 0 bridgehead atoms. The van der Waals surface area contributed by atoms with Gasteiger partial charge in [0.1, 0.15) is 12.2 Å². The van der Waals surface area contributed by atoms with E-state index in [1.165, 1.54) is 6.92 Å². The van der Waals surface area contributed by atoms with E-state index in [1.54, 1.807) is 0 Å². The third-order valence-electron chi connectivity index (χ3n) is 2.19. The molecule has 0 saturated carbocycles. The van der Waals surface area contributed by atoms with Gasteiger partial charge in [-0.3, -0.25) is 0 Å². The molecule has 0 radical (unpaired) electrons. The molecule has 9 nitrogen and oxygen atoms in total. The van der Waals surface area contributed by atoms with Gasteiger partial charge in [-0.1, -0.05) is 6.92 Å². The van der Waals surface area contributed by atoms with E-state index < -0.39 is 42.3 Å². The van der Waals surface area contributed by atoms with Crippen LogP contribution in [0.1, 0.15) is 27.2 Å². The van der Waals surface area contributed by atoms with Gasteiger partial charge in [-0.05, 0) is 13.8 Å². The number of carbonyl (C=O) groups is 2. The van der Waals surface area contributed by atoms with Gasteiger partial charge in [0.2, 0.25) is 0 Å². The number of hydrogen-bond donors (Lipinski definition) is 5. The lowest BCUT2D eigenvalue weighted by Gasteiger charge is -2.37. The van der Waals surface area contributed by atoms with Crippen LogP contribution in [0, 0.1) is 0 Å². The van der Waals surface area contributed by atoms with Gasteiger partial charge >= 0.3 is 23.7 Å². The lowest BCUT2D eigenvalue weighted by molar-refractivity contribution is -0.446. The Hall–Kier alpha value is -1.26. The second kappa shape index (κ2) is 6.26. The molecular weight excluding hydrogens is 264 g/mol. The Kier molecular flexibility index (Phi) is 5.84. The predicted molar refractivity (Wildman–Crippen MR) is 58.0 cm³/mol. The van der Waals surface area contributed by atoms with Crippen LogP contribution in [-0.4, -0.2) is 61.4 Å². The van der Waals surface area contributed by atoms with Gasteiger partial charge < -0.3 is 35.0 Å². The van der Waals surface area contributed by atoms with Crippen LogP contribution in [0.3, 0.4) is 0 Å². The van der Waals surface area contributed by atoms with Gasteiger partial charge in [-0.2, -0.15) is 0 Å². The number of aliphatic hydroxyl groups is 5. The van der Waals surface area contributed by atoms with E-state index in [0.717, 1.165) is 13.8 Å². The summed E-state index contributed by atoms with van der Waals surface area (Å²) >= 11 is 0.